The Kier molecular flexibility index (Phi) is 3.69. The molecule has 0 aliphatic heterocycles. The van der Waals surface area contributed by atoms with E-state index in [1.54, 1.807) is 6.07 Å². The van der Waals surface area contributed by atoms with Gasteiger partial charge in [-0.2, -0.15) is 0 Å². The normalized spacial score (nSPS) is 26.6. The lowest BCUT2D eigenvalue weighted by Gasteiger charge is -2.28. The van der Waals surface area contributed by atoms with E-state index >= 15 is 0 Å². The molecule has 5 heteroatoms. The number of benzene rings is 1. The van der Waals surface area contributed by atoms with E-state index in [9.17, 15) is 13.6 Å². The molecular formula is C16H20F2N2O. The summed E-state index contributed by atoms with van der Waals surface area (Å²) >= 11 is 0. The molecular weight excluding hydrogens is 274 g/mol. The molecule has 0 unspecified atom stereocenters. The van der Waals surface area contributed by atoms with Crippen molar-refractivity contribution in [2.24, 2.45) is 11.7 Å². The van der Waals surface area contributed by atoms with Crippen LogP contribution in [0.5, 0.6) is 0 Å². The first kappa shape index (κ1) is 14.4. The molecule has 114 valence electrons. The van der Waals surface area contributed by atoms with Gasteiger partial charge in [-0.25, -0.2) is 8.78 Å². The molecule has 1 aromatic carbocycles. The van der Waals surface area contributed by atoms with Crippen molar-refractivity contribution in [3.8, 4) is 0 Å². The van der Waals surface area contributed by atoms with Gasteiger partial charge in [0.1, 0.15) is 0 Å². The maximum absolute atomic E-state index is 13.2. The Morgan fingerprint density at radius 3 is 2.62 bits per heavy atom. The van der Waals surface area contributed by atoms with Crippen LogP contribution in [0.2, 0.25) is 0 Å². The summed E-state index contributed by atoms with van der Waals surface area (Å²) in [5.41, 5.74) is 6.26. The number of nitrogens with one attached hydrogen (secondary N) is 1. The summed E-state index contributed by atoms with van der Waals surface area (Å²) in [5, 5.41) is 3.10. The van der Waals surface area contributed by atoms with Gasteiger partial charge < -0.3 is 11.1 Å². The van der Waals surface area contributed by atoms with Crippen LogP contribution < -0.4 is 11.1 Å². The fraction of sp³-hybridized carbons (Fsp3) is 0.562. The second-order valence-corrected chi connectivity index (χ2v) is 6.30. The summed E-state index contributed by atoms with van der Waals surface area (Å²) in [4.78, 5) is 12.3. The maximum atomic E-state index is 13.2. The molecule has 0 spiro atoms. The Morgan fingerprint density at radius 2 is 2.00 bits per heavy atom. The molecule has 0 aromatic heterocycles. The van der Waals surface area contributed by atoms with E-state index in [-0.39, 0.29) is 23.3 Å². The predicted molar refractivity (Wildman–Crippen MR) is 75.6 cm³/mol. The van der Waals surface area contributed by atoms with Crippen LogP contribution in [0.3, 0.4) is 0 Å². The molecule has 3 rings (SSSR count). The number of halogens is 2. The van der Waals surface area contributed by atoms with Crippen molar-refractivity contribution in [1.29, 1.82) is 0 Å². The van der Waals surface area contributed by atoms with Gasteiger partial charge in [0.25, 0.3) is 0 Å². The van der Waals surface area contributed by atoms with E-state index in [0.717, 1.165) is 31.7 Å². The molecule has 1 aromatic rings. The highest BCUT2D eigenvalue weighted by Crippen LogP contribution is 2.48. The van der Waals surface area contributed by atoms with Crippen LogP contribution in [0.1, 0.15) is 43.6 Å². The zero-order valence-electron chi connectivity index (χ0n) is 11.9. The average Bonchev–Trinajstić information content (AvgIpc) is 3.15. The van der Waals surface area contributed by atoms with Crippen LogP contribution in [-0.2, 0) is 4.79 Å². The number of rotatable bonds is 4. The first-order valence-corrected chi connectivity index (χ1v) is 7.52. The minimum absolute atomic E-state index is 0.00270. The molecule has 21 heavy (non-hydrogen) atoms. The highest BCUT2D eigenvalue weighted by Gasteiger charge is 2.46. The molecule has 3 N–H and O–H groups in total. The third-order valence-corrected chi connectivity index (χ3v) is 4.84. The first-order valence-electron chi connectivity index (χ1n) is 7.52. The van der Waals surface area contributed by atoms with Crippen molar-refractivity contribution in [3.63, 3.8) is 0 Å². The zero-order valence-corrected chi connectivity index (χ0v) is 11.9. The fourth-order valence-electron chi connectivity index (χ4n) is 3.38. The summed E-state index contributed by atoms with van der Waals surface area (Å²) in [7, 11) is 0. The second kappa shape index (κ2) is 5.37. The monoisotopic (exact) mass is 294 g/mol. The van der Waals surface area contributed by atoms with Crippen LogP contribution in [0.15, 0.2) is 18.2 Å². The van der Waals surface area contributed by atoms with Crippen molar-refractivity contribution in [2.45, 2.75) is 43.6 Å². The van der Waals surface area contributed by atoms with Crippen LogP contribution in [0, 0.1) is 17.6 Å². The molecule has 1 amide bonds. The highest BCUT2D eigenvalue weighted by molar-refractivity contribution is 5.83. The van der Waals surface area contributed by atoms with Crippen LogP contribution in [-0.4, -0.2) is 18.0 Å². The van der Waals surface area contributed by atoms with Gasteiger partial charge in [-0.3, -0.25) is 4.79 Å². The molecule has 0 heterocycles. The van der Waals surface area contributed by atoms with Gasteiger partial charge in [0, 0.05) is 12.5 Å². The molecule has 2 aliphatic rings. The standard InChI is InChI=1S/C16H20F2N2O/c17-13-4-3-10(7-14(13)18)11-8-12(11)15(21)20-16(9-19)5-1-2-6-16/h3-4,7,11-12H,1-2,5-6,8-9,19H2,(H,20,21)/t11-,12+/m0/s1. The molecule has 0 radical (unpaired) electrons. The van der Waals surface area contributed by atoms with Crippen molar-refractivity contribution >= 4 is 5.91 Å². The number of amides is 1. The van der Waals surface area contributed by atoms with E-state index in [1.165, 1.54) is 6.07 Å². The van der Waals surface area contributed by atoms with Gasteiger partial charge in [-0.15, -0.1) is 0 Å². The lowest BCUT2D eigenvalue weighted by molar-refractivity contribution is -0.124. The summed E-state index contributed by atoms with van der Waals surface area (Å²) in [6.45, 7) is 0.460. The Bertz CT molecular complexity index is 555. The van der Waals surface area contributed by atoms with Gasteiger partial charge in [-0.05, 0) is 42.9 Å². The van der Waals surface area contributed by atoms with E-state index < -0.39 is 11.6 Å². The Morgan fingerprint density at radius 1 is 1.29 bits per heavy atom. The summed E-state index contributed by atoms with van der Waals surface area (Å²) in [6.07, 6.45) is 4.73. The van der Waals surface area contributed by atoms with Gasteiger partial charge in [-0.1, -0.05) is 18.9 Å². The molecule has 2 aliphatic carbocycles. The third-order valence-electron chi connectivity index (χ3n) is 4.84. The van der Waals surface area contributed by atoms with Crippen molar-refractivity contribution in [3.05, 3.63) is 35.4 Å². The van der Waals surface area contributed by atoms with Gasteiger partial charge in [0.15, 0.2) is 11.6 Å². The minimum Gasteiger partial charge on any atom is -0.349 e. The lowest BCUT2D eigenvalue weighted by Crippen LogP contribution is -2.52. The van der Waals surface area contributed by atoms with Crippen molar-refractivity contribution in [1.82, 2.24) is 5.32 Å². The minimum atomic E-state index is -0.854. The molecule has 0 saturated heterocycles. The molecule has 2 fully saturated rings. The summed E-state index contributed by atoms with van der Waals surface area (Å²) < 4.78 is 26.2. The second-order valence-electron chi connectivity index (χ2n) is 6.30. The van der Waals surface area contributed by atoms with Crippen molar-refractivity contribution < 1.29 is 13.6 Å². The highest BCUT2D eigenvalue weighted by atomic mass is 19.2. The quantitative estimate of drug-likeness (QED) is 0.896. The average molecular weight is 294 g/mol. The number of carbonyl (C=O) groups is 1. The largest absolute Gasteiger partial charge is 0.349 e. The van der Waals surface area contributed by atoms with E-state index in [1.807, 2.05) is 0 Å². The Labute approximate surface area is 122 Å². The van der Waals surface area contributed by atoms with Gasteiger partial charge in [0.05, 0.1) is 5.54 Å². The zero-order chi connectivity index (χ0) is 15.0. The van der Waals surface area contributed by atoms with Crippen LogP contribution >= 0.6 is 0 Å². The van der Waals surface area contributed by atoms with Crippen molar-refractivity contribution in [2.75, 3.05) is 6.54 Å². The smallest absolute Gasteiger partial charge is 0.224 e. The van der Waals surface area contributed by atoms with E-state index in [2.05, 4.69) is 5.32 Å². The Hall–Kier alpha value is -1.49. The van der Waals surface area contributed by atoms with E-state index in [4.69, 9.17) is 5.73 Å². The molecule has 0 bridgehead atoms. The molecule has 2 atom stereocenters. The lowest BCUT2D eigenvalue weighted by atomic mass is 9.97. The number of hydrogen-bond donors (Lipinski definition) is 2. The first-order chi connectivity index (χ1) is 10.0. The van der Waals surface area contributed by atoms with Gasteiger partial charge in [0.2, 0.25) is 5.91 Å². The number of carbonyl (C=O) groups excluding carboxylic acids is 1. The van der Waals surface area contributed by atoms with Crippen LogP contribution in [0.25, 0.3) is 0 Å². The summed E-state index contributed by atoms with van der Waals surface area (Å²) in [5.74, 6) is -1.85. The Balaban J connectivity index is 1.64. The predicted octanol–water partition coefficient (Wildman–Crippen LogP) is 2.46. The SMILES string of the molecule is NCC1(NC(=O)[C@@H]2C[C@H]2c2ccc(F)c(F)c2)CCCC1. The van der Waals surface area contributed by atoms with E-state index in [0.29, 0.717) is 18.5 Å². The van der Waals surface area contributed by atoms with Gasteiger partial charge >= 0.3 is 0 Å². The maximum Gasteiger partial charge on any atom is 0.224 e. The number of nitrogens with two attached hydrogens (primary N) is 1. The fourth-order valence-corrected chi connectivity index (χ4v) is 3.38. The van der Waals surface area contributed by atoms with Crippen LogP contribution in [0.4, 0.5) is 8.78 Å². The third kappa shape index (κ3) is 2.79. The molecule has 2 saturated carbocycles. The number of hydrogen-bond acceptors (Lipinski definition) is 2. The summed E-state index contributed by atoms with van der Waals surface area (Å²) in [6, 6.07) is 3.88. The topological polar surface area (TPSA) is 55.1 Å². The molecule has 3 nitrogen and oxygen atoms in total.